The average molecular weight is 199 g/mol. The summed E-state index contributed by atoms with van der Waals surface area (Å²) in [5, 5.41) is 11.9. The molecule has 2 heterocycles. The normalized spacial score (nSPS) is 11.0. The van der Waals surface area contributed by atoms with Gasteiger partial charge in [0, 0.05) is 12.6 Å². The Morgan fingerprint density at radius 1 is 1.07 bits per heavy atom. The monoisotopic (exact) mass is 199 g/mol. The number of fused-ring (bicyclic) bond motifs is 1. The van der Waals surface area contributed by atoms with Crippen molar-refractivity contribution in [2.24, 2.45) is 7.05 Å². The molecule has 3 aromatic rings. The lowest BCUT2D eigenvalue weighted by Crippen LogP contribution is -1.91. The van der Waals surface area contributed by atoms with Gasteiger partial charge < -0.3 is 0 Å². The Balaban J connectivity index is 2.31. The van der Waals surface area contributed by atoms with E-state index in [2.05, 4.69) is 15.5 Å². The molecule has 0 aliphatic heterocycles. The molecule has 0 saturated heterocycles. The molecule has 15 heavy (non-hydrogen) atoms. The highest BCUT2D eigenvalue weighted by atomic mass is 15.6. The van der Waals surface area contributed by atoms with Gasteiger partial charge in [-0.1, -0.05) is 30.3 Å². The Morgan fingerprint density at radius 3 is 2.67 bits per heavy atom. The van der Waals surface area contributed by atoms with Crippen LogP contribution in [0.4, 0.5) is 0 Å². The van der Waals surface area contributed by atoms with Crippen LogP contribution in [-0.4, -0.2) is 24.8 Å². The summed E-state index contributed by atoms with van der Waals surface area (Å²) in [4.78, 5) is 0. The van der Waals surface area contributed by atoms with Crippen molar-refractivity contribution >= 4 is 5.65 Å². The van der Waals surface area contributed by atoms with Crippen LogP contribution in [0.25, 0.3) is 16.8 Å². The smallest absolute Gasteiger partial charge is 0.183 e. The summed E-state index contributed by atoms with van der Waals surface area (Å²) in [5.41, 5.74) is 3.07. The van der Waals surface area contributed by atoms with Crippen LogP contribution in [0.15, 0.2) is 36.5 Å². The number of rotatable bonds is 1. The molecule has 3 rings (SSSR count). The highest BCUT2D eigenvalue weighted by Gasteiger charge is 2.10. The van der Waals surface area contributed by atoms with E-state index in [9.17, 15) is 0 Å². The van der Waals surface area contributed by atoms with Crippen molar-refractivity contribution in [3.63, 3.8) is 0 Å². The van der Waals surface area contributed by atoms with Crippen LogP contribution in [0, 0.1) is 0 Å². The summed E-state index contributed by atoms with van der Waals surface area (Å²) in [7, 11) is 1.86. The molecule has 0 bridgehead atoms. The fraction of sp³-hybridized carbons (Fsp3) is 0.100. The molecule has 0 unspecified atom stereocenters. The minimum atomic E-state index is 0.904. The zero-order chi connectivity index (χ0) is 10.3. The largest absolute Gasteiger partial charge is 0.228 e. The van der Waals surface area contributed by atoms with Crippen LogP contribution >= 0.6 is 0 Å². The minimum Gasteiger partial charge on any atom is -0.228 e. The topological polar surface area (TPSA) is 48.0 Å². The van der Waals surface area contributed by atoms with Crippen LogP contribution in [0.3, 0.4) is 0 Å². The summed E-state index contributed by atoms with van der Waals surface area (Å²) in [6, 6.07) is 10.1. The molecular weight excluding hydrogens is 190 g/mol. The van der Waals surface area contributed by atoms with E-state index >= 15 is 0 Å². The molecule has 2 aromatic heterocycles. The van der Waals surface area contributed by atoms with Gasteiger partial charge in [0.1, 0.15) is 0 Å². The van der Waals surface area contributed by atoms with Crippen molar-refractivity contribution in [3.05, 3.63) is 36.5 Å². The lowest BCUT2D eigenvalue weighted by atomic mass is 10.1. The Kier molecular flexibility index (Phi) is 1.58. The van der Waals surface area contributed by atoms with Crippen molar-refractivity contribution in [2.45, 2.75) is 0 Å². The molecule has 74 valence electrons. The quantitative estimate of drug-likeness (QED) is 0.590. The third-order valence-electron chi connectivity index (χ3n) is 2.38. The second-order valence-corrected chi connectivity index (χ2v) is 3.34. The second-order valence-electron chi connectivity index (χ2n) is 3.34. The Morgan fingerprint density at radius 2 is 1.87 bits per heavy atom. The summed E-state index contributed by atoms with van der Waals surface area (Å²) >= 11 is 0. The van der Waals surface area contributed by atoms with Gasteiger partial charge in [0.15, 0.2) is 5.65 Å². The summed E-state index contributed by atoms with van der Waals surface area (Å²) < 4.78 is 3.25. The third kappa shape index (κ3) is 1.13. The number of nitrogens with zero attached hydrogens (tertiary/aromatic N) is 5. The lowest BCUT2D eigenvalue weighted by molar-refractivity contribution is 0.687. The van der Waals surface area contributed by atoms with Crippen molar-refractivity contribution in [2.75, 3.05) is 0 Å². The molecule has 0 N–H and O–H groups in total. The number of aromatic nitrogens is 5. The van der Waals surface area contributed by atoms with Crippen molar-refractivity contribution in [3.8, 4) is 11.1 Å². The maximum atomic E-state index is 4.14. The van der Waals surface area contributed by atoms with Gasteiger partial charge in [-0.15, -0.1) is 4.63 Å². The number of hydrogen-bond acceptors (Lipinski definition) is 3. The predicted octanol–water partition coefficient (Wildman–Crippen LogP) is 1.13. The molecule has 0 atom stereocenters. The van der Waals surface area contributed by atoms with Crippen LogP contribution < -0.4 is 0 Å². The van der Waals surface area contributed by atoms with E-state index in [-0.39, 0.29) is 0 Å². The standard InChI is InChI=1S/C10H9N5/c1-14-10-9(7-11-15(10)13-12-14)8-5-3-2-4-6-8/h2-7H,1H3. The average Bonchev–Trinajstić information content (AvgIpc) is 2.84. The maximum absolute atomic E-state index is 4.14. The van der Waals surface area contributed by atoms with Crippen LogP contribution in [0.1, 0.15) is 0 Å². The fourth-order valence-electron chi connectivity index (χ4n) is 1.66. The molecule has 0 spiro atoms. The van der Waals surface area contributed by atoms with Gasteiger partial charge in [-0.2, -0.15) is 5.10 Å². The van der Waals surface area contributed by atoms with Gasteiger partial charge >= 0.3 is 0 Å². The lowest BCUT2D eigenvalue weighted by Gasteiger charge is -1.96. The number of tetrazole rings is 1. The van der Waals surface area contributed by atoms with Gasteiger partial charge in [0.2, 0.25) is 0 Å². The SMILES string of the molecule is Cn1nnn2ncc(-c3ccccc3)c12. The Bertz CT molecular complexity index is 593. The molecule has 1 aromatic carbocycles. The van der Waals surface area contributed by atoms with Gasteiger partial charge in [-0.25, -0.2) is 4.68 Å². The van der Waals surface area contributed by atoms with Gasteiger partial charge in [0.05, 0.1) is 6.20 Å². The molecule has 5 heteroatoms. The first-order valence-corrected chi connectivity index (χ1v) is 4.65. The Hall–Kier alpha value is -2.17. The van der Waals surface area contributed by atoms with Gasteiger partial charge in [-0.05, 0) is 16.0 Å². The fourth-order valence-corrected chi connectivity index (χ4v) is 1.66. The molecule has 0 radical (unpaired) electrons. The molecule has 0 aliphatic rings. The molecule has 5 nitrogen and oxygen atoms in total. The van der Waals surface area contributed by atoms with Crippen molar-refractivity contribution in [1.29, 1.82) is 0 Å². The maximum Gasteiger partial charge on any atom is 0.183 e. The highest BCUT2D eigenvalue weighted by molar-refractivity contribution is 5.76. The van der Waals surface area contributed by atoms with E-state index in [1.54, 1.807) is 10.9 Å². The van der Waals surface area contributed by atoms with E-state index < -0.39 is 0 Å². The molecule has 0 aliphatic carbocycles. The first-order chi connectivity index (χ1) is 7.36. The van der Waals surface area contributed by atoms with Crippen LogP contribution in [0.5, 0.6) is 0 Å². The van der Waals surface area contributed by atoms with Crippen LogP contribution in [-0.2, 0) is 7.05 Å². The third-order valence-corrected chi connectivity index (χ3v) is 2.38. The molecular formula is C10H9N5. The summed E-state index contributed by atoms with van der Waals surface area (Å²) in [5.74, 6) is 0. The number of benzene rings is 1. The minimum absolute atomic E-state index is 0.904. The number of aryl methyl sites for hydroxylation is 1. The van der Waals surface area contributed by atoms with Gasteiger partial charge in [-0.3, -0.25) is 0 Å². The first kappa shape index (κ1) is 8.16. The van der Waals surface area contributed by atoms with E-state index in [0.29, 0.717) is 0 Å². The van der Waals surface area contributed by atoms with E-state index in [0.717, 1.165) is 16.8 Å². The van der Waals surface area contributed by atoms with E-state index in [1.807, 2.05) is 37.4 Å². The van der Waals surface area contributed by atoms with Crippen LogP contribution in [0.2, 0.25) is 0 Å². The summed E-state index contributed by atoms with van der Waals surface area (Å²) in [6.07, 6.45) is 1.80. The second kappa shape index (κ2) is 2.91. The highest BCUT2D eigenvalue weighted by Crippen LogP contribution is 2.22. The molecule has 0 fully saturated rings. The van der Waals surface area contributed by atoms with E-state index in [1.165, 1.54) is 4.63 Å². The van der Waals surface area contributed by atoms with Crippen molar-refractivity contribution < 1.29 is 0 Å². The van der Waals surface area contributed by atoms with E-state index in [4.69, 9.17) is 0 Å². The van der Waals surface area contributed by atoms with Crippen molar-refractivity contribution in [1.82, 2.24) is 24.8 Å². The summed E-state index contributed by atoms with van der Waals surface area (Å²) in [6.45, 7) is 0. The molecule has 0 amide bonds. The Labute approximate surface area is 85.9 Å². The first-order valence-electron chi connectivity index (χ1n) is 4.65. The zero-order valence-corrected chi connectivity index (χ0v) is 8.20. The molecule has 0 saturated carbocycles. The number of hydrogen-bond donors (Lipinski definition) is 0. The predicted molar refractivity (Wildman–Crippen MR) is 55.2 cm³/mol. The zero-order valence-electron chi connectivity index (χ0n) is 8.20. The van der Waals surface area contributed by atoms with Gasteiger partial charge in [0.25, 0.3) is 0 Å².